The molecule has 1 N–H and O–H groups in total. The summed E-state index contributed by atoms with van der Waals surface area (Å²) in [5.74, 6) is 0.778. The minimum atomic E-state index is 0.778. The number of unbranched alkanes of at least 4 members (excludes halogenated alkanes) is 2. The lowest BCUT2D eigenvalue weighted by Gasteiger charge is -2.05. The standard InChI is InChI=1S/C9H20N/c1-4-5-6-7-10-8-9(2)3/h9-10H,1,4-8H2,2-3H3. The average Bonchev–Trinajstić information content (AvgIpc) is 1.87. The van der Waals surface area contributed by atoms with Gasteiger partial charge in [0, 0.05) is 0 Å². The van der Waals surface area contributed by atoms with Crippen molar-refractivity contribution >= 4 is 0 Å². The van der Waals surface area contributed by atoms with E-state index in [0.717, 1.165) is 25.4 Å². The normalized spacial score (nSPS) is 10.8. The van der Waals surface area contributed by atoms with Crippen molar-refractivity contribution in [1.29, 1.82) is 0 Å². The van der Waals surface area contributed by atoms with Gasteiger partial charge in [0.1, 0.15) is 0 Å². The summed E-state index contributed by atoms with van der Waals surface area (Å²) in [6, 6.07) is 0. The van der Waals surface area contributed by atoms with Crippen LogP contribution in [0.25, 0.3) is 0 Å². The highest BCUT2D eigenvalue weighted by Crippen LogP contribution is 1.92. The first-order valence-corrected chi connectivity index (χ1v) is 4.27. The van der Waals surface area contributed by atoms with Crippen LogP contribution in [0.1, 0.15) is 33.1 Å². The molecule has 1 heteroatoms. The van der Waals surface area contributed by atoms with Gasteiger partial charge in [-0.05, 0) is 25.4 Å². The van der Waals surface area contributed by atoms with Gasteiger partial charge in [0.25, 0.3) is 0 Å². The molecular formula is C9H20N. The van der Waals surface area contributed by atoms with Crippen molar-refractivity contribution in [1.82, 2.24) is 5.32 Å². The largest absolute Gasteiger partial charge is 0.316 e. The van der Waals surface area contributed by atoms with Gasteiger partial charge in [-0.3, -0.25) is 0 Å². The van der Waals surface area contributed by atoms with Crippen molar-refractivity contribution in [3.63, 3.8) is 0 Å². The maximum atomic E-state index is 3.79. The molecule has 0 saturated heterocycles. The summed E-state index contributed by atoms with van der Waals surface area (Å²) in [6.45, 7) is 10.6. The van der Waals surface area contributed by atoms with Crippen LogP contribution in [-0.4, -0.2) is 13.1 Å². The second-order valence-electron chi connectivity index (χ2n) is 3.16. The van der Waals surface area contributed by atoms with Gasteiger partial charge in [-0.15, -0.1) is 0 Å². The highest BCUT2D eigenvalue weighted by atomic mass is 14.8. The molecule has 0 saturated carbocycles. The summed E-state index contributed by atoms with van der Waals surface area (Å²) >= 11 is 0. The molecule has 0 bridgehead atoms. The molecule has 1 nitrogen and oxygen atoms in total. The fourth-order valence-corrected chi connectivity index (χ4v) is 0.818. The molecule has 0 aromatic rings. The Labute approximate surface area is 65.2 Å². The third-order valence-electron chi connectivity index (χ3n) is 1.41. The Bertz CT molecular complexity index is 59.7. The Morgan fingerprint density at radius 1 is 1.30 bits per heavy atom. The fourth-order valence-electron chi connectivity index (χ4n) is 0.818. The molecule has 0 aliphatic rings. The van der Waals surface area contributed by atoms with Crippen molar-refractivity contribution in [2.45, 2.75) is 33.1 Å². The van der Waals surface area contributed by atoms with Gasteiger partial charge in [-0.2, -0.15) is 0 Å². The molecule has 0 heterocycles. The molecule has 61 valence electrons. The van der Waals surface area contributed by atoms with Gasteiger partial charge in [0.15, 0.2) is 0 Å². The first kappa shape index (κ1) is 9.96. The molecule has 0 rings (SSSR count). The van der Waals surface area contributed by atoms with E-state index in [4.69, 9.17) is 0 Å². The summed E-state index contributed by atoms with van der Waals surface area (Å²) in [7, 11) is 0. The van der Waals surface area contributed by atoms with Crippen LogP contribution in [0.15, 0.2) is 0 Å². The molecule has 0 amide bonds. The van der Waals surface area contributed by atoms with Crippen molar-refractivity contribution in [2.75, 3.05) is 13.1 Å². The minimum absolute atomic E-state index is 0.778. The van der Waals surface area contributed by atoms with E-state index in [-0.39, 0.29) is 0 Å². The van der Waals surface area contributed by atoms with Crippen LogP contribution in [0.5, 0.6) is 0 Å². The zero-order valence-electron chi connectivity index (χ0n) is 7.32. The van der Waals surface area contributed by atoms with Crippen molar-refractivity contribution in [3.8, 4) is 0 Å². The predicted octanol–water partition coefficient (Wildman–Crippen LogP) is 2.24. The molecule has 1 radical (unpaired) electrons. The third-order valence-corrected chi connectivity index (χ3v) is 1.41. The molecule has 0 spiro atoms. The number of nitrogens with one attached hydrogen (secondary N) is 1. The van der Waals surface area contributed by atoms with E-state index in [2.05, 4.69) is 26.1 Å². The van der Waals surface area contributed by atoms with Crippen LogP contribution >= 0.6 is 0 Å². The van der Waals surface area contributed by atoms with E-state index in [9.17, 15) is 0 Å². The molecule has 0 unspecified atom stereocenters. The second-order valence-corrected chi connectivity index (χ2v) is 3.16. The van der Waals surface area contributed by atoms with Crippen molar-refractivity contribution in [2.24, 2.45) is 5.92 Å². The molecular weight excluding hydrogens is 122 g/mol. The van der Waals surface area contributed by atoms with Gasteiger partial charge < -0.3 is 5.32 Å². The topological polar surface area (TPSA) is 12.0 Å². The predicted molar refractivity (Wildman–Crippen MR) is 46.9 cm³/mol. The Hall–Kier alpha value is -0.0400. The van der Waals surface area contributed by atoms with Gasteiger partial charge in [-0.1, -0.05) is 33.6 Å². The maximum Gasteiger partial charge on any atom is -0.00258 e. The Balaban J connectivity index is 2.77. The maximum absolute atomic E-state index is 3.79. The van der Waals surface area contributed by atoms with E-state index < -0.39 is 0 Å². The third kappa shape index (κ3) is 7.96. The Morgan fingerprint density at radius 2 is 2.00 bits per heavy atom. The zero-order valence-corrected chi connectivity index (χ0v) is 7.32. The van der Waals surface area contributed by atoms with Crippen LogP contribution < -0.4 is 5.32 Å². The summed E-state index contributed by atoms with van der Waals surface area (Å²) in [6.07, 6.45) is 3.60. The van der Waals surface area contributed by atoms with E-state index >= 15 is 0 Å². The minimum Gasteiger partial charge on any atom is -0.316 e. The van der Waals surface area contributed by atoms with Crippen LogP contribution in [0, 0.1) is 12.8 Å². The lowest BCUT2D eigenvalue weighted by Crippen LogP contribution is -2.20. The molecule has 0 atom stereocenters. The van der Waals surface area contributed by atoms with Crippen LogP contribution in [0.4, 0.5) is 0 Å². The van der Waals surface area contributed by atoms with Gasteiger partial charge in [0.05, 0.1) is 0 Å². The highest BCUT2D eigenvalue weighted by Gasteiger charge is 1.90. The molecule has 0 aliphatic heterocycles. The van der Waals surface area contributed by atoms with E-state index in [0.29, 0.717) is 0 Å². The second kappa shape index (κ2) is 7.07. The van der Waals surface area contributed by atoms with Gasteiger partial charge in [0.2, 0.25) is 0 Å². The van der Waals surface area contributed by atoms with Crippen LogP contribution in [0.3, 0.4) is 0 Å². The summed E-state index contributed by atoms with van der Waals surface area (Å²) in [5, 5.41) is 3.39. The van der Waals surface area contributed by atoms with E-state index in [1.54, 1.807) is 0 Å². The quantitative estimate of drug-likeness (QED) is 0.561. The number of hydrogen-bond donors (Lipinski definition) is 1. The summed E-state index contributed by atoms with van der Waals surface area (Å²) < 4.78 is 0. The Kier molecular flexibility index (Phi) is 7.04. The molecule has 0 aliphatic carbocycles. The first-order chi connectivity index (χ1) is 4.77. The van der Waals surface area contributed by atoms with Gasteiger partial charge >= 0.3 is 0 Å². The van der Waals surface area contributed by atoms with E-state index in [1.807, 2.05) is 0 Å². The summed E-state index contributed by atoms with van der Waals surface area (Å²) in [5.41, 5.74) is 0. The van der Waals surface area contributed by atoms with Crippen molar-refractivity contribution in [3.05, 3.63) is 6.92 Å². The fraction of sp³-hybridized carbons (Fsp3) is 0.889. The van der Waals surface area contributed by atoms with E-state index in [1.165, 1.54) is 12.8 Å². The number of rotatable bonds is 6. The van der Waals surface area contributed by atoms with Crippen molar-refractivity contribution < 1.29 is 0 Å². The zero-order chi connectivity index (χ0) is 7.82. The molecule has 0 aromatic heterocycles. The smallest absolute Gasteiger partial charge is 0.00258 e. The lowest BCUT2D eigenvalue weighted by molar-refractivity contribution is 0.536. The average molecular weight is 142 g/mol. The highest BCUT2D eigenvalue weighted by molar-refractivity contribution is 4.51. The Morgan fingerprint density at radius 3 is 2.50 bits per heavy atom. The summed E-state index contributed by atoms with van der Waals surface area (Å²) in [4.78, 5) is 0. The van der Waals surface area contributed by atoms with Crippen LogP contribution in [-0.2, 0) is 0 Å². The lowest BCUT2D eigenvalue weighted by atomic mass is 10.2. The molecule has 0 aromatic carbocycles. The molecule has 0 fully saturated rings. The van der Waals surface area contributed by atoms with Crippen LogP contribution in [0.2, 0.25) is 0 Å². The van der Waals surface area contributed by atoms with Gasteiger partial charge in [-0.25, -0.2) is 0 Å². The first-order valence-electron chi connectivity index (χ1n) is 4.27. The molecule has 10 heavy (non-hydrogen) atoms. The number of hydrogen-bond acceptors (Lipinski definition) is 1. The monoisotopic (exact) mass is 142 g/mol. The SMILES string of the molecule is [CH2]CCCCNCC(C)C.